The maximum Gasteiger partial charge on any atom is 0.325 e. The van der Waals surface area contributed by atoms with E-state index in [1.54, 1.807) is 0 Å². The minimum Gasteiger partial charge on any atom is -0.379 e. The summed E-state index contributed by atoms with van der Waals surface area (Å²) in [6.07, 6.45) is 0. The summed E-state index contributed by atoms with van der Waals surface area (Å²) >= 11 is 6.48. The van der Waals surface area contributed by atoms with Gasteiger partial charge >= 0.3 is 6.03 Å². The summed E-state index contributed by atoms with van der Waals surface area (Å²) in [5.41, 5.74) is 4.17. The van der Waals surface area contributed by atoms with E-state index in [1.165, 1.54) is 0 Å². The Morgan fingerprint density at radius 2 is 1.58 bits per heavy atom. The highest BCUT2D eigenvalue weighted by molar-refractivity contribution is 6.30. The van der Waals surface area contributed by atoms with E-state index in [0.717, 1.165) is 55.2 Å². The lowest BCUT2D eigenvalue weighted by Gasteiger charge is -2.44. The van der Waals surface area contributed by atoms with Gasteiger partial charge in [-0.3, -0.25) is 9.80 Å². The van der Waals surface area contributed by atoms with Crippen molar-refractivity contribution in [1.29, 1.82) is 0 Å². The SMILES string of the molecule is O=C1N(Cc2ccccc2)c2ccc(Cl)cc2C(c2ccccc2)N1CCN1CCOCC1. The van der Waals surface area contributed by atoms with Crippen molar-refractivity contribution in [3.05, 3.63) is 101 Å². The van der Waals surface area contributed by atoms with Crippen LogP contribution in [0.1, 0.15) is 22.7 Å². The number of fused-ring (bicyclic) bond motifs is 1. The van der Waals surface area contributed by atoms with Crippen LogP contribution < -0.4 is 4.90 Å². The molecular formula is C27H28ClN3O2. The summed E-state index contributed by atoms with van der Waals surface area (Å²) in [4.78, 5) is 20.3. The van der Waals surface area contributed by atoms with Crippen molar-refractivity contribution < 1.29 is 9.53 Å². The number of carbonyl (C=O) groups is 1. The molecule has 6 heteroatoms. The van der Waals surface area contributed by atoms with E-state index in [2.05, 4.69) is 29.2 Å². The van der Waals surface area contributed by atoms with Crippen LogP contribution in [0.3, 0.4) is 0 Å². The molecule has 0 radical (unpaired) electrons. The van der Waals surface area contributed by atoms with Crippen LogP contribution in [0.25, 0.3) is 0 Å². The summed E-state index contributed by atoms with van der Waals surface area (Å²) in [6, 6.07) is 26.1. The largest absolute Gasteiger partial charge is 0.379 e. The molecule has 0 N–H and O–H groups in total. The Balaban J connectivity index is 1.54. The van der Waals surface area contributed by atoms with Crippen LogP contribution in [0.2, 0.25) is 5.02 Å². The molecule has 0 bridgehead atoms. The van der Waals surface area contributed by atoms with E-state index in [9.17, 15) is 4.79 Å². The highest BCUT2D eigenvalue weighted by Crippen LogP contribution is 2.42. The zero-order chi connectivity index (χ0) is 22.6. The molecule has 5 rings (SSSR count). The average Bonchev–Trinajstić information content (AvgIpc) is 2.86. The van der Waals surface area contributed by atoms with Crippen molar-refractivity contribution in [3.8, 4) is 0 Å². The first-order valence-electron chi connectivity index (χ1n) is 11.5. The quantitative estimate of drug-likeness (QED) is 0.506. The van der Waals surface area contributed by atoms with Gasteiger partial charge in [0.25, 0.3) is 0 Å². The molecule has 2 heterocycles. The Bertz CT molecular complexity index is 1090. The first-order chi connectivity index (χ1) is 16.2. The van der Waals surface area contributed by atoms with Crippen LogP contribution in [0.15, 0.2) is 78.9 Å². The molecule has 1 unspecified atom stereocenters. The van der Waals surface area contributed by atoms with E-state index >= 15 is 0 Å². The third-order valence-electron chi connectivity index (χ3n) is 6.42. The Morgan fingerprint density at radius 1 is 0.879 bits per heavy atom. The van der Waals surface area contributed by atoms with Gasteiger partial charge in [0.1, 0.15) is 0 Å². The Hall–Kier alpha value is -2.86. The van der Waals surface area contributed by atoms with Gasteiger partial charge in [-0.25, -0.2) is 4.79 Å². The molecule has 170 valence electrons. The molecule has 2 aliphatic rings. The van der Waals surface area contributed by atoms with Crippen molar-refractivity contribution in [2.45, 2.75) is 12.6 Å². The Kier molecular flexibility index (Phi) is 6.63. The number of benzene rings is 3. The fraction of sp³-hybridized carbons (Fsp3) is 0.296. The van der Waals surface area contributed by atoms with Crippen LogP contribution in [-0.2, 0) is 11.3 Å². The van der Waals surface area contributed by atoms with Crippen LogP contribution >= 0.6 is 11.6 Å². The van der Waals surface area contributed by atoms with Crippen molar-refractivity contribution in [1.82, 2.24) is 9.80 Å². The van der Waals surface area contributed by atoms with Crippen molar-refractivity contribution in [2.75, 3.05) is 44.3 Å². The second-order valence-electron chi connectivity index (χ2n) is 8.52. The first-order valence-corrected chi connectivity index (χ1v) is 11.8. The summed E-state index contributed by atoms with van der Waals surface area (Å²) in [6.45, 7) is 5.25. The molecule has 0 aromatic heterocycles. The fourth-order valence-corrected chi connectivity index (χ4v) is 4.92. The zero-order valence-electron chi connectivity index (χ0n) is 18.6. The van der Waals surface area contributed by atoms with Gasteiger partial charge in [0.2, 0.25) is 0 Å². The maximum atomic E-state index is 14.0. The van der Waals surface area contributed by atoms with Crippen LogP contribution in [0, 0.1) is 0 Å². The summed E-state index contributed by atoms with van der Waals surface area (Å²) < 4.78 is 5.50. The third-order valence-corrected chi connectivity index (χ3v) is 6.66. The number of rotatable bonds is 6. The molecule has 2 amide bonds. The number of hydrogen-bond donors (Lipinski definition) is 0. The second-order valence-corrected chi connectivity index (χ2v) is 8.95. The maximum absolute atomic E-state index is 14.0. The van der Waals surface area contributed by atoms with E-state index in [1.807, 2.05) is 64.4 Å². The molecular weight excluding hydrogens is 434 g/mol. The van der Waals surface area contributed by atoms with E-state index in [4.69, 9.17) is 16.3 Å². The first kappa shape index (κ1) is 22.0. The lowest BCUT2D eigenvalue weighted by molar-refractivity contribution is 0.0339. The van der Waals surface area contributed by atoms with Crippen LogP contribution in [-0.4, -0.2) is 55.2 Å². The van der Waals surface area contributed by atoms with Crippen LogP contribution in [0.5, 0.6) is 0 Å². The standard InChI is InChI=1S/C27H28ClN3O2/c28-23-11-12-25-24(19-23)26(22-9-5-2-6-10-22)30(14-13-29-15-17-33-18-16-29)27(32)31(25)20-21-7-3-1-4-8-21/h1-12,19,26H,13-18,20H2. The van der Waals surface area contributed by atoms with Crippen LogP contribution in [0.4, 0.5) is 10.5 Å². The summed E-state index contributed by atoms with van der Waals surface area (Å²) in [7, 11) is 0. The smallest absolute Gasteiger partial charge is 0.325 e. The molecule has 1 atom stereocenters. The topological polar surface area (TPSA) is 36.0 Å². The Morgan fingerprint density at radius 3 is 2.30 bits per heavy atom. The number of morpholine rings is 1. The Labute approximate surface area is 200 Å². The van der Waals surface area contributed by atoms with E-state index in [0.29, 0.717) is 18.1 Å². The van der Waals surface area contributed by atoms with E-state index in [-0.39, 0.29) is 12.1 Å². The fourth-order valence-electron chi connectivity index (χ4n) is 4.74. The van der Waals surface area contributed by atoms with Gasteiger partial charge in [-0.2, -0.15) is 0 Å². The van der Waals surface area contributed by atoms with Gasteiger partial charge in [-0.1, -0.05) is 72.3 Å². The highest BCUT2D eigenvalue weighted by atomic mass is 35.5. The molecule has 3 aromatic carbocycles. The van der Waals surface area contributed by atoms with Crippen molar-refractivity contribution in [3.63, 3.8) is 0 Å². The summed E-state index contributed by atoms with van der Waals surface area (Å²) in [5.74, 6) is 0. The van der Waals surface area contributed by atoms with Crippen molar-refractivity contribution in [2.24, 2.45) is 0 Å². The van der Waals surface area contributed by atoms with Gasteiger partial charge in [0.05, 0.1) is 31.5 Å². The van der Waals surface area contributed by atoms with Gasteiger partial charge in [-0.15, -0.1) is 0 Å². The number of amides is 2. The van der Waals surface area contributed by atoms with Crippen molar-refractivity contribution >= 4 is 23.3 Å². The summed E-state index contributed by atoms with van der Waals surface area (Å²) in [5, 5.41) is 0.678. The molecule has 1 saturated heterocycles. The third kappa shape index (κ3) is 4.76. The molecule has 3 aromatic rings. The molecule has 1 fully saturated rings. The lowest BCUT2D eigenvalue weighted by atomic mass is 9.92. The second kappa shape index (κ2) is 9.96. The zero-order valence-corrected chi connectivity index (χ0v) is 19.3. The molecule has 33 heavy (non-hydrogen) atoms. The number of ether oxygens (including phenoxy) is 1. The minimum absolute atomic E-state index is 0.0239. The molecule has 0 aliphatic carbocycles. The number of nitrogens with zero attached hydrogens (tertiary/aromatic N) is 3. The van der Waals surface area contributed by atoms with Gasteiger partial charge in [0.15, 0.2) is 0 Å². The number of anilines is 1. The molecule has 0 spiro atoms. The number of carbonyl (C=O) groups excluding carboxylic acids is 1. The molecule has 2 aliphatic heterocycles. The number of halogens is 1. The van der Waals surface area contributed by atoms with Gasteiger partial charge in [-0.05, 0) is 29.3 Å². The monoisotopic (exact) mass is 461 g/mol. The lowest BCUT2D eigenvalue weighted by Crippen LogP contribution is -2.52. The normalized spacial score (nSPS) is 18.9. The number of urea groups is 1. The minimum atomic E-state index is -0.180. The molecule has 0 saturated carbocycles. The average molecular weight is 462 g/mol. The van der Waals surface area contributed by atoms with Gasteiger partial charge in [0, 0.05) is 36.8 Å². The molecule has 5 nitrogen and oxygen atoms in total. The predicted octanol–water partition coefficient (Wildman–Crippen LogP) is 5.20. The number of hydrogen-bond acceptors (Lipinski definition) is 3. The highest BCUT2D eigenvalue weighted by Gasteiger charge is 2.38. The predicted molar refractivity (Wildman–Crippen MR) is 132 cm³/mol. The van der Waals surface area contributed by atoms with Gasteiger partial charge < -0.3 is 9.64 Å². The van der Waals surface area contributed by atoms with E-state index < -0.39 is 0 Å².